The Morgan fingerprint density at radius 3 is 0.613 bits per heavy atom. The van der Waals surface area contributed by atoms with E-state index >= 15 is 0 Å². The van der Waals surface area contributed by atoms with E-state index in [-0.39, 0.29) is 56.8 Å². The van der Waals surface area contributed by atoms with Gasteiger partial charge >= 0.3 is 0 Å². The van der Waals surface area contributed by atoms with Crippen molar-refractivity contribution in [1.82, 2.24) is 0 Å². The molecule has 0 aliphatic heterocycles. The van der Waals surface area contributed by atoms with E-state index in [2.05, 4.69) is 0 Å². The van der Waals surface area contributed by atoms with Gasteiger partial charge in [0.1, 0.15) is 33.8 Å². The molecular weight excluding hydrogens is 1090 g/mol. The van der Waals surface area contributed by atoms with E-state index in [1.165, 1.54) is 24.3 Å². The third-order valence-corrected chi connectivity index (χ3v) is 14.3. The zero-order chi connectivity index (χ0) is 56.6. The summed E-state index contributed by atoms with van der Waals surface area (Å²) in [6, 6.07) is 70.7. The molecule has 0 spiro atoms. The molecule has 0 unspecified atom stereocenters. The Bertz CT molecular complexity index is 3400. The van der Waals surface area contributed by atoms with Crippen molar-refractivity contribution in [2.75, 3.05) is 10.7 Å². The Hall–Kier alpha value is -8.76. The molecular formula is C68H48Cl4O8. The van der Waals surface area contributed by atoms with E-state index in [0.717, 1.165) is 22.3 Å². The Kier molecular flexibility index (Phi) is 17.1. The molecule has 0 saturated carbocycles. The van der Waals surface area contributed by atoms with Gasteiger partial charge in [-0.2, -0.15) is 0 Å². The van der Waals surface area contributed by atoms with Crippen LogP contribution in [0.15, 0.2) is 243 Å². The predicted molar refractivity (Wildman–Crippen MR) is 319 cm³/mol. The van der Waals surface area contributed by atoms with Crippen LogP contribution >= 0.6 is 46.4 Å². The Morgan fingerprint density at radius 1 is 0.250 bits per heavy atom. The van der Waals surface area contributed by atoms with E-state index in [4.69, 9.17) is 46.4 Å². The number of benzene rings is 10. The minimum atomic E-state index is -1.67. The molecule has 396 valence electrons. The highest BCUT2D eigenvalue weighted by Gasteiger charge is 2.57. The zero-order valence-corrected chi connectivity index (χ0v) is 45.5. The second-order valence-electron chi connectivity index (χ2n) is 18.5. The first kappa shape index (κ1) is 56.0. The largest absolute Gasteiger partial charge is 0.507 e. The Balaban J connectivity index is 0.000000176. The molecule has 0 amide bonds. The van der Waals surface area contributed by atoms with Crippen molar-refractivity contribution in [1.29, 1.82) is 0 Å². The second kappa shape index (κ2) is 24.5. The number of aromatic hydroxyl groups is 4. The maximum atomic E-state index is 14.2. The van der Waals surface area contributed by atoms with Gasteiger partial charge in [0, 0.05) is 44.5 Å². The molecule has 0 saturated heterocycles. The molecule has 0 heterocycles. The van der Waals surface area contributed by atoms with Crippen LogP contribution in [0.3, 0.4) is 0 Å². The molecule has 4 N–H and O–H groups in total. The van der Waals surface area contributed by atoms with Gasteiger partial charge in [-0.05, 0) is 93.0 Å². The van der Waals surface area contributed by atoms with E-state index in [0.29, 0.717) is 66.8 Å². The van der Waals surface area contributed by atoms with Crippen LogP contribution in [-0.4, -0.2) is 54.2 Å². The number of hydrogen-bond donors (Lipinski definition) is 4. The molecule has 8 nitrogen and oxygen atoms in total. The van der Waals surface area contributed by atoms with Crippen LogP contribution in [0.1, 0.15) is 63.7 Å². The molecule has 10 aromatic rings. The monoisotopic (exact) mass is 1130 g/mol. The van der Waals surface area contributed by atoms with Gasteiger partial charge in [-0.3, -0.25) is 19.2 Å². The van der Waals surface area contributed by atoms with Crippen molar-refractivity contribution < 1.29 is 39.6 Å². The number of Topliss-reactive ketones (excluding diaryl/α,β-unsaturated/α-hetero) is 4. The van der Waals surface area contributed by atoms with Gasteiger partial charge in [0.25, 0.3) is 0 Å². The lowest BCUT2D eigenvalue weighted by atomic mass is 9.69. The van der Waals surface area contributed by atoms with Gasteiger partial charge in [0.05, 0.1) is 10.7 Å². The van der Waals surface area contributed by atoms with Crippen LogP contribution in [0.4, 0.5) is 0 Å². The molecule has 0 atom stereocenters. The standard InChI is InChI=1S/2C33H22O4.2CH2Cl2/c2*34-29-17-15-23(19-27(29)21-9-3-1-4-10-21)33(31(36)25-13-7-8-14-26(25)32(33)37)24-16-18-30(35)28(20-24)22-11-5-2-6-12-22;2*2-1-3/h2*1-20,34-35H;2*1H2. The Labute approximate surface area is 482 Å². The van der Waals surface area contributed by atoms with Gasteiger partial charge in [0.15, 0.2) is 23.1 Å². The minimum Gasteiger partial charge on any atom is -0.507 e. The van der Waals surface area contributed by atoms with E-state index < -0.39 is 10.8 Å². The van der Waals surface area contributed by atoms with Crippen molar-refractivity contribution in [2.24, 2.45) is 0 Å². The van der Waals surface area contributed by atoms with Gasteiger partial charge in [-0.15, -0.1) is 46.4 Å². The fourth-order valence-electron chi connectivity index (χ4n) is 10.6. The summed E-state index contributed by atoms with van der Waals surface area (Å²) in [7, 11) is 0. The molecule has 0 bridgehead atoms. The third-order valence-electron chi connectivity index (χ3n) is 14.3. The number of ketones is 4. The van der Waals surface area contributed by atoms with Crippen LogP contribution in [0.5, 0.6) is 23.0 Å². The molecule has 80 heavy (non-hydrogen) atoms. The third kappa shape index (κ3) is 10.3. The number of rotatable bonds is 8. The second-order valence-corrected chi connectivity index (χ2v) is 20.1. The Morgan fingerprint density at radius 2 is 0.425 bits per heavy atom. The first-order valence-corrected chi connectivity index (χ1v) is 27.2. The number of fused-ring (bicyclic) bond motifs is 2. The summed E-state index contributed by atoms with van der Waals surface area (Å²) in [4.78, 5) is 57.0. The quantitative estimate of drug-likeness (QED) is 0.0868. The highest BCUT2D eigenvalue weighted by Crippen LogP contribution is 2.50. The number of hydrogen-bond acceptors (Lipinski definition) is 8. The number of phenolic OH excluding ortho intramolecular Hbond substituents is 4. The van der Waals surface area contributed by atoms with Crippen molar-refractivity contribution in [3.05, 3.63) is 287 Å². The summed E-state index contributed by atoms with van der Waals surface area (Å²) in [6.07, 6.45) is 0. The maximum absolute atomic E-state index is 14.2. The number of carbonyl (C=O) groups excluding carboxylic acids is 4. The predicted octanol–water partition coefficient (Wildman–Crippen LogP) is 16.4. The average molecular weight is 1130 g/mol. The topological polar surface area (TPSA) is 149 Å². The van der Waals surface area contributed by atoms with Crippen molar-refractivity contribution in [2.45, 2.75) is 10.8 Å². The summed E-state index contributed by atoms with van der Waals surface area (Å²) < 4.78 is 0. The number of phenols is 4. The lowest BCUT2D eigenvalue weighted by Crippen LogP contribution is -2.39. The molecule has 12 rings (SSSR count). The average Bonchev–Trinajstić information content (AvgIpc) is 4.09. The number of alkyl halides is 4. The van der Waals surface area contributed by atoms with Crippen molar-refractivity contribution in [3.8, 4) is 67.5 Å². The van der Waals surface area contributed by atoms with Crippen molar-refractivity contribution in [3.63, 3.8) is 0 Å². The lowest BCUT2D eigenvalue weighted by Gasteiger charge is -2.29. The summed E-state index contributed by atoms with van der Waals surface area (Å²) in [5.41, 5.74) is 5.09. The summed E-state index contributed by atoms with van der Waals surface area (Å²) in [5, 5.41) is 43.3. The molecule has 12 heteroatoms. The molecule has 0 aromatic heterocycles. The van der Waals surface area contributed by atoms with Crippen LogP contribution in [-0.2, 0) is 10.8 Å². The summed E-state index contributed by atoms with van der Waals surface area (Å²) >= 11 is 19.1. The molecule has 2 aliphatic carbocycles. The molecule has 10 aromatic carbocycles. The van der Waals surface area contributed by atoms with Crippen LogP contribution in [0, 0.1) is 0 Å². The fraction of sp³-hybridized carbons (Fsp3) is 0.0588. The van der Waals surface area contributed by atoms with Gasteiger partial charge in [-0.1, -0.05) is 194 Å². The molecule has 0 fully saturated rings. The van der Waals surface area contributed by atoms with Gasteiger partial charge in [0.2, 0.25) is 0 Å². The first-order chi connectivity index (χ1) is 38.9. The SMILES string of the molecule is ClCCl.ClCCl.O=C1c2ccccc2C(=O)C1(c1ccc(O)c(-c2ccccc2)c1)c1ccc(O)c(-c2ccccc2)c1.O=C1c2ccccc2C(=O)C1(c1ccc(O)c(-c2ccccc2)c1)c1ccc(O)c(-c2ccccc2)c1. The molecule has 2 aliphatic rings. The van der Waals surface area contributed by atoms with E-state index in [1.807, 2.05) is 121 Å². The number of halogens is 4. The number of carbonyl (C=O) groups is 4. The van der Waals surface area contributed by atoms with E-state index in [1.54, 1.807) is 97.1 Å². The first-order valence-electron chi connectivity index (χ1n) is 25.0. The van der Waals surface area contributed by atoms with E-state index in [9.17, 15) is 39.6 Å². The highest BCUT2D eigenvalue weighted by molar-refractivity contribution is 6.41. The summed E-state index contributed by atoms with van der Waals surface area (Å²) in [5.74, 6) is -1.12. The van der Waals surface area contributed by atoms with Crippen molar-refractivity contribution >= 4 is 69.5 Å². The lowest BCUT2D eigenvalue weighted by molar-refractivity contribution is 0.0814. The summed E-state index contributed by atoms with van der Waals surface area (Å²) in [6.45, 7) is 0. The minimum absolute atomic E-state index is 0.0520. The highest BCUT2D eigenvalue weighted by atomic mass is 35.5. The maximum Gasteiger partial charge on any atom is 0.186 e. The zero-order valence-electron chi connectivity index (χ0n) is 42.4. The van der Waals surface area contributed by atoms with Crippen LogP contribution < -0.4 is 0 Å². The van der Waals surface area contributed by atoms with Crippen LogP contribution in [0.2, 0.25) is 0 Å². The van der Waals surface area contributed by atoms with Gasteiger partial charge in [-0.25, -0.2) is 0 Å². The van der Waals surface area contributed by atoms with Gasteiger partial charge < -0.3 is 20.4 Å². The van der Waals surface area contributed by atoms with Crippen LogP contribution in [0.25, 0.3) is 44.5 Å². The fourth-order valence-corrected chi connectivity index (χ4v) is 10.6. The molecule has 0 radical (unpaired) electrons. The normalized spacial score (nSPS) is 13.3. The smallest absolute Gasteiger partial charge is 0.186 e.